The van der Waals surface area contributed by atoms with Crippen molar-refractivity contribution in [2.45, 2.75) is 25.3 Å². The highest BCUT2D eigenvalue weighted by molar-refractivity contribution is 7.89. The molecule has 0 aliphatic heterocycles. The minimum absolute atomic E-state index is 0.0636. The minimum Gasteiger partial charge on any atom is -0.348 e. The summed E-state index contributed by atoms with van der Waals surface area (Å²) in [6.45, 7) is 4.34. The third kappa shape index (κ3) is 4.92. The third-order valence-electron chi connectivity index (χ3n) is 3.73. The number of carbonyl (C=O) groups is 1. The van der Waals surface area contributed by atoms with Gasteiger partial charge in [0.15, 0.2) is 0 Å². The van der Waals surface area contributed by atoms with Crippen molar-refractivity contribution in [2.75, 3.05) is 6.54 Å². The molecule has 0 aromatic heterocycles. The molecule has 0 fully saturated rings. The Morgan fingerprint density at radius 3 is 2.40 bits per heavy atom. The molecular weight excluding hydrogens is 336 g/mol. The fourth-order valence-electron chi connectivity index (χ4n) is 2.33. The fourth-order valence-corrected chi connectivity index (χ4v) is 3.26. The molecular formula is C19H20N2O3S. The van der Waals surface area contributed by atoms with Crippen LogP contribution in [0.5, 0.6) is 0 Å². The molecule has 5 nitrogen and oxygen atoms in total. The number of hydrogen-bond donors (Lipinski definition) is 2. The van der Waals surface area contributed by atoms with Crippen LogP contribution >= 0.6 is 0 Å². The molecule has 0 bridgehead atoms. The Morgan fingerprint density at radius 1 is 1.12 bits per heavy atom. The maximum Gasteiger partial charge on any atom is 0.251 e. The predicted octanol–water partition coefficient (Wildman–Crippen LogP) is 2.14. The summed E-state index contributed by atoms with van der Waals surface area (Å²) >= 11 is 0. The highest BCUT2D eigenvalue weighted by Crippen LogP contribution is 2.12. The molecule has 25 heavy (non-hydrogen) atoms. The van der Waals surface area contributed by atoms with Crippen molar-refractivity contribution in [3.05, 3.63) is 64.7 Å². The van der Waals surface area contributed by atoms with Crippen LogP contribution in [0.4, 0.5) is 0 Å². The summed E-state index contributed by atoms with van der Waals surface area (Å²) in [6, 6.07) is 11.7. The van der Waals surface area contributed by atoms with Gasteiger partial charge in [-0.15, -0.1) is 6.42 Å². The number of benzene rings is 2. The van der Waals surface area contributed by atoms with E-state index >= 15 is 0 Å². The molecule has 2 aromatic rings. The number of terminal acetylenes is 1. The SMILES string of the molecule is C#CCNS(=O)(=O)c1ccc(C(=O)NCc2ccc(C)cc2C)cc1. The average molecular weight is 356 g/mol. The zero-order valence-corrected chi connectivity index (χ0v) is 15.0. The summed E-state index contributed by atoms with van der Waals surface area (Å²) in [5.41, 5.74) is 3.71. The molecule has 0 saturated heterocycles. The molecule has 6 heteroatoms. The molecule has 2 rings (SSSR count). The Balaban J connectivity index is 2.04. The summed E-state index contributed by atoms with van der Waals surface area (Å²) in [4.78, 5) is 12.3. The number of rotatable bonds is 6. The highest BCUT2D eigenvalue weighted by Gasteiger charge is 2.14. The lowest BCUT2D eigenvalue weighted by atomic mass is 10.1. The first-order valence-corrected chi connectivity index (χ1v) is 9.19. The first kappa shape index (κ1) is 18.7. The van der Waals surface area contributed by atoms with Gasteiger partial charge in [-0.05, 0) is 49.2 Å². The van der Waals surface area contributed by atoms with Crippen LogP contribution in [0.3, 0.4) is 0 Å². The van der Waals surface area contributed by atoms with Gasteiger partial charge in [-0.3, -0.25) is 4.79 Å². The van der Waals surface area contributed by atoms with Gasteiger partial charge in [-0.2, -0.15) is 4.72 Å². The van der Waals surface area contributed by atoms with Crippen LogP contribution in [0.15, 0.2) is 47.4 Å². The minimum atomic E-state index is -3.65. The van der Waals surface area contributed by atoms with Crippen molar-refractivity contribution < 1.29 is 13.2 Å². The first-order valence-electron chi connectivity index (χ1n) is 7.71. The Kier molecular flexibility index (Phi) is 5.97. The van der Waals surface area contributed by atoms with Crippen LogP contribution in [-0.4, -0.2) is 20.9 Å². The van der Waals surface area contributed by atoms with E-state index in [1.165, 1.54) is 29.8 Å². The van der Waals surface area contributed by atoms with Gasteiger partial charge in [0.05, 0.1) is 11.4 Å². The van der Waals surface area contributed by atoms with Gasteiger partial charge >= 0.3 is 0 Å². The maximum absolute atomic E-state index is 12.2. The number of sulfonamides is 1. The summed E-state index contributed by atoms with van der Waals surface area (Å²) < 4.78 is 26.1. The van der Waals surface area contributed by atoms with E-state index < -0.39 is 10.0 Å². The van der Waals surface area contributed by atoms with E-state index in [1.807, 2.05) is 26.0 Å². The van der Waals surface area contributed by atoms with E-state index in [4.69, 9.17) is 6.42 Å². The molecule has 0 unspecified atom stereocenters. The standard InChI is InChI=1S/C19H20N2O3S/c1-4-11-21-25(23,24)18-9-7-16(8-10-18)19(22)20-13-17-6-5-14(2)12-15(17)3/h1,5-10,12,21H,11,13H2,2-3H3,(H,20,22). The van der Waals surface area contributed by atoms with Crippen molar-refractivity contribution in [3.8, 4) is 12.3 Å². The van der Waals surface area contributed by atoms with Crippen LogP contribution in [0.2, 0.25) is 0 Å². The first-order chi connectivity index (χ1) is 11.8. The summed E-state index contributed by atoms with van der Waals surface area (Å²) in [6.07, 6.45) is 5.05. The quantitative estimate of drug-likeness (QED) is 0.779. The van der Waals surface area contributed by atoms with E-state index in [9.17, 15) is 13.2 Å². The van der Waals surface area contributed by atoms with Crippen LogP contribution in [-0.2, 0) is 16.6 Å². The van der Waals surface area contributed by atoms with E-state index in [0.29, 0.717) is 12.1 Å². The normalized spacial score (nSPS) is 10.9. The molecule has 2 N–H and O–H groups in total. The molecule has 0 atom stereocenters. The number of carbonyl (C=O) groups excluding carboxylic acids is 1. The molecule has 2 aromatic carbocycles. The Hall–Kier alpha value is -2.62. The third-order valence-corrected chi connectivity index (χ3v) is 5.15. The van der Waals surface area contributed by atoms with E-state index in [2.05, 4.69) is 22.0 Å². The largest absolute Gasteiger partial charge is 0.348 e. The second-order valence-electron chi connectivity index (χ2n) is 5.67. The van der Waals surface area contributed by atoms with E-state index in [0.717, 1.165) is 11.1 Å². The van der Waals surface area contributed by atoms with Crippen LogP contribution in [0.25, 0.3) is 0 Å². The van der Waals surface area contributed by atoms with Crippen molar-refractivity contribution in [1.82, 2.24) is 10.0 Å². The van der Waals surface area contributed by atoms with Gasteiger partial charge in [0.25, 0.3) is 5.91 Å². The van der Waals surface area contributed by atoms with Crippen LogP contribution in [0, 0.1) is 26.2 Å². The van der Waals surface area contributed by atoms with Gasteiger partial charge < -0.3 is 5.32 Å². The average Bonchev–Trinajstić information content (AvgIpc) is 2.59. The maximum atomic E-state index is 12.2. The highest BCUT2D eigenvalue weighted by atomic mass is 32.2. The lowest BCUT2D eigenvalue weighted by Crippen LogP contribution is -2.25. The zero-order chi connectivity index (χ0) is 18.4. The van der Waals surface area contributed by atoms with Crippen molar-refractivity contribution in [3.63, 3.8) is 0 Å². The Labute approximate surface area is 148 Å². The van der Waals surface area contributed by atoms with Crippen molar-refractivity contribution in [1.29, 1.82) is 0 Å². The van der Waals surface area contributed by atoms with Crippen LogP contribution in [0.1, 0.15) is 27.0 Å². The molecule has 0 spiro atoms. The Bertz CT molecular complexity index is 911. The second kappa shape index (κ2) is 7.97. The Morgan fingerprint density at radius 2 is 1.80 bits per heavy atom. The predicted molar refractivity (Wildman–Crippen MR) is 97.5 cm³/mol. The molecule has 0 heterocycles. The molecule has 1 amide bonds. The van der Waals surface area contributed by atoms with Crippen LogP contribution < -0.4 is 10.0 Å². The summed E-state index contributed by atoms with van der Waals surface area (Å²) in [7, 11) is -3.65. The number of hydrogen-bond acceptors (Lipinski definition) is 3. The molecule has 0 radical (unpaired) electrons. The molecule has 0 aliphatic carbocycles. The lowest BCUT2D eigenvalue weighted by Gasteiger charge is -2.09. The topological polar surface area (TPSA) is 75.3 Å². The summed E-state index contributed by atoms with van der Waals surface area (Å²) in [5.74, 6) is 1.95. The fraction of sp³-hybridized carbons (Fsp3) is 0.211. The number of nitrogens with one attached hydrogen (secondary N) is 2. The van der Waals surface area contributed by atoms with E-state index in [1.54, 1.807) is 0 Å². The molecule has 0 aliphatic rings. The smallest absolute Gasteiger partial charge is 0.251 e. The van der Waals surface area contributed by atoms with Crippen molar-refractivity contribution in [2.24, 2.45) is 0 Å². The number of amides is 1. The number of aryl methyl sites for hydroxylation is 2. The second-order valence-corrected chi connectivity index (χ2v) is 7.43. The monoisotopic (exact) mass is 356 g/mol. The van der Waals surface area contributed by atoms with Gasteiger partial charge in [0, 0.05) is 12.1 Å². The summed E-state index contributed by atoms with van der Waals surface area (Å²) in [5, 5.41) is 2.84. The van der Waals surface area contributed by atoms with Gasteiger partial charge in [-0.1, -0.05) is 29.7 Å². The van der Waals surface area contributed by atoms with Gasteiger partial charge in [-0.25, -0.2) is 8.42 Å². The molecule has 130 valence electrons. The lowest BCUT2D eigenvalue weighted by molar-refractivity contribution is 0.0951. The zero-order valence-electron chi connectivity index (χ0n) is 14.2. The van der Waals surface area contributed by atoms with Crippen molar-refractivity contribution >= 4 is 15.9 Å². The van der Waals surface area contributed by atoms with Gasteiger partial charge in [0.2, 0.25) is 10.0 Å². The van der Waals surface area contributed by atoms with Gasteiger partial charge in [0.1, 0.15) is 0 Å². The van der Waals surface area contributed by atoms with E-state index in [-0.39, 0.29) is 17.3 Å². The molecule has 0 saturated carbocycles.